The van der Waals surface area contributed by atoms with Gasteiger partial charge in [0.15, 0.2) is 6.10 Å². The van der Waals surface area contributed by atoms with Gasteiger partial charge in [-0.15, -0.1) is 0 Å². The van der Waals surface area contributed by atoms with Crippen molar-refractivity contribution in [1.82, 2.24) is 0 Å². The molecule has 0 aromatic rings. The van der Waals surface area contributed by atoms with Crippen LogP contribution in [0.5, 0.6) is 0 Å². The van der Waals surface area contributed by atoms with Gasteiger partial charge in [-0.25, -0.2) is 0 Å². The number of hydrogen-bond donors (Lipinski definition) is 0. The van der Waals surface area contributed by atoms with E-state index >= 15 is 0 Å². The van der Waals surface area contributed by atoms with Crippen molar-refractivity contribution in [1.29, 1.82) is 0 Å². The highest BCUT2D eigenvalue weighted by molar-refractivity contribution is 5.71. The van der Waals surface area contributed by atoms with E-state index in [2.05, 4.69) is 118 Å². The molecule has 0 aromatic carbocycles. The van der Waals surface area contributed by atoms with Gasteiger partial charge < -0.3 is 14.2 Å². The van der Waals surface area contributed by atoms with Crippen molar-refractivity contribution in [2.75, 3.05) is 13.2 Å². The van der Waals surface area contributed by atoms with Gasteiger partial charge in [-0.3, -0.25) is 14.4 Å². The van der Waals surface area contributed by atoms with E-state index in [1.165, 1.54) is 193 Å². The highest BCUT2D eigenvalue weighted by Crippen LogP contribution is 2.18. The number of rotatable bonds is 63. The average Bonchev–Trinajstić information content (AvgIpc) is 3.47. The van der Waals surface area contributed by atoms with Crippen LogP contribution in [0.3, 0.4) is 0 Å². The Hall–Kier alpha value is -3.67. The summed E-state index contributed by atoms with van der Waals surface area (Å²) in [5.41, 5.74) is 0. The lowest BCUT2D eigenvalue weighted by atomic mass is 10.0. The van der Waals surface area contributed by atoms with Gasteiger partial charge in [0.2, 0.25) is 0 Å². The fourth-order valence-electron chi connectivity index (χ4n) is 9.96. The zero-order chi connectivity index (χ0) is 58.5. The van der Waals surface area contributed by atoms with Crippen LogP contribution in [-0.2, 0) is 28.6 Å². The Labute approximate surface area is 502 Å². The van der Waals surface area contributed by atoms with Gasteiger partial charge in [0.05, 0.1) is 0 Å². The molecular weight excluding hydrogens is 997 g/mol. The molecule has 466 valence electrons. The molecular formula is C75H130O6. The minimum atomic E-state index is -0.817. The zero-order valence-electron chi connectivity index (χ0n) is 53.5. The largest absolute Gasteiger partial charge is 0.462 e. The van der Waals surface area contributed by atoms with Crippen LogP contribution in [-0.4, -0.2) is 37.2 Å². The molecule has 1 atom stereocenters. The maximum atomic E-state index is 12.9. The summed E-state index contributed by atoms with van der Waals surface area (Å²) in [6.07, 6.45) is 93.3. The molecule has 1 unspecified atom stereocenters. The second-order valence-electron chi connectivity index (χ2n) is 23.0. The number of hydrogen-bond acceptors (Lipinski definition) is 6. The summed E-state index contributed by atoms with van der Waals surface area (Å²) in [5, 5.41) is 0. The molecule has 81 heavy (non-hydrogen) atoms. The third-order valence-electron chi connectivity index (χ3n) is 15.1. The highest BCUT2D eigenvalue weighted by atomic mass is 16.6. The molecule has 0 amide bonds. The van der Waals surface area contributed by atoms with Crippen molar-refractivity contribution < 1.29 is 28.6 Å². The van der Waals surface area contributed by atoms with Gasteiger partial charge in [-0.1, -0.05) is 323 Å². The number of ether oxygens (including phenoxy) is 3. The molecule has 0 saturated carbocycles. The third-order valence-corrected chi connectivity index (χ3v) is 15.1. The minimum absolute atomic E-state index is 0.106. The van der Waals surface area contributed by atoms with Gasteiger partial charge in [0.25, 0.3) is 0 Å². The summed E-state index contributed by atoms with van der Waals surface area (Å²) in [6, 6.07) is 0. The van der Waals surface area contributed by atoms with E-state index in [4.69, 9.17) is 14.2 Å². The lowest BCUT2D eigenvalue weighted by molar-refractivity contribution is -0.167. The summed E-state index contributed by atoms with van der Waals surface area (Å²) in [4.78, 5) is 38.3. The topological polar surface area (TPSA) is 78.9 Å². The molecule has 0 aromatic heterocycles. The number of carbonyl (C=O) groups excluding carboxylic acids is 3. The van der Waals surface area contributed by atoms with E-state index in [0.29, 0.717) is 19.3 Å². The van der Waals surface area contributed by atoms with Crippen LogP contribution < -0.4 is 0 Å². The molecule has 0 aliphatic rings. The molecule has 0 bridgehead atoms. The lowest BCUT2D eigenvalue weighted by Gasteiger charge is -2.18. The fraction of sp³-hybridized carbons (Fsp3) is 0.747. The maximum Gasteiger partial charge on any atom is 0.306 e. The molecule has 6 heteroatoms. The monoisotopic (exact) mass is 1130 g/mol. The van der Waals surface area contributed by atoms with Crippen LogP contribution in [0.4, 0.5) is 0 Å². The molecule has 0 N–H and O–H groups in total. The van der Waals surface area contributed by atoms with E-state index in [1.54, 1.807) is 0 Å². The molecule has 0 heterocycles. The van der Waals surface area contributed by atoms with Crippen LogP contribution in [0, 0.1) is 0 Å². The van der Waals surface area contributed by atoms with Gasteiger partial charge >= 0.3 is 17.9 Å². The molecule has 0 saturated heterocycles. The van der Waals surface area contributed by atoms with Crippen LogP contribution >= 0.6 is 0 Å². The van der Waals surface area contributed by atoms with Gasteiger partial charge in [-0.2, -0.15) is 0 Å². The summed E-state index contributed by atoms with van der Waals surface area (Å²) in [7, 11) is 0. The van der Waals surface area contributed by atoms with E-state index in [0.717, 1.165) is 103 Å². The Kier molecular flexibility index (Phi) is 65.7. The predicted octanol–water partition coefficient (Wildman–Crippen LogP) is 24.0. The zero-order valence-corrected chi connectivity index (χ0v) is 53.5. The number of esters is 3. The first kappa shape index (κ1) is 77.3. The maximum absolute atomic E-state index is 12.9. The first-order chi connectivity index (χ1) is 40.0. The first-order valence-electron chi connectivity index (χ1n) is 34.7. The normalized spacial score (nSPS) is 12.7. The van der Waals surface area contributed by atoms with E-state index in [-0.39, 0.29) is 37.5 Å². The Bertz CT molecular complexity index is 1580. The van der Waals surface area contributed by atoms with E-state index in [1.807, 2.05) is 0 Å². The standard InChI is InChI=1S/C75H130O6/c1-4-7-10-13-16-19-22-25-28-29-30-31-32-33-34-35-36-37-38-39-40-41-42-43-44-45-48-50-53-56-59-62-65-68-74(77)80-71-72(81-75(78)69-66-63-60-57-54-51-47-27-24-21-18-15-12-9-6-3)70-79-73(76)67-64-61-58-55-52-49-46-26-23-20-17-14-11-8-5-2/h8-9,11-12,17-18,20-21,26-27,46-47,52,54-55,57,72H,4-7,10,13-16,19,22-25,28-45,48-51,53,56,58-71H2,1-3H3/b11-8-,12-9-,20-17-,21-18-,46-26-,47-27-,55-52-,57-54-. The number of allylic oxidation sites excluding steroid dienone is 16. The fourth-order valence-corrected chi connectivity index (χ4v) is 9.96. The Morgan fingerprint density at radius 2 is 0.481 bits per heavy atom. The van der Waals surface area contributed by atoms with E-state index < -0.39 is 6.10 Å². The number of carbonyl (C=O) groups is 3. The molecule has 0 aliphatic carbocycles. The van der Waals surface area contributed by atoms with Crippen molar-refractivity contribution in [2.24, 2.45) is 0 Å². The molecule has 0 spiro atoms. The first-order valence-corrected chi connectivity index (χ1v) is 34.7. The summed E-state index contributed by atoms with van der Waals surface area (Å²) in [5.74, 6) is -0.981. The Morgan fingerprint density at radius 1 is 0.259 bits per heavy atom. The van der Waals surface area contributed by atoms with E-state index in [9.17, 15) is 14.4 Å². The quantitative estimate of drug-likeness (QED) is 0.0261. The highest BCUT2D eigenvalue weighted by Gasteiger charge is 2.19. The molecule has 0 aliphatic heterocycles. The average molecular weight is 1130 g/mol. The summed E-state index contributed by atoms with van der Waals surface area (Å²) in [6.45, 7) is 6.38. The van der Waals surface area contributed by atoms with Crippen molar-refractivity contribution in [3.63, 3.8) is 0 Å². The molecule has 6 nitrogen and oxygen atoms in total. The Balaban J connectivity index is 4.18. The van der Waals surface area contributed by atoms with Crippen LogP contribution in [0.15, 0.2) is 97.2 Å². The lowest BCUT2D eigenvalue weighted by Crippen LogP contribution is -2.30. The summed E-state index contributed by atoms with van der Waals surface area (Å²) < 4.78 is 16.9. The summed E-state index contributed by atoms with van der Waals surface area (Å²) >= 11 is 0. The minimum Gasteiger partial charge on any atom is -0.462 e. The van der Waals surface area contributed by atoms with Crippen LogP contribution in [0.1, 0.15) is 342 Å². The van der Waals surface area contributed by atoms with Crippen LogP contribution in [0.2, 0.25) is 0 Å². The second-order valence-corrected chi connectivity index (χ2v) is 23.0. The van der Waals surface area contributed by atoms with Crippen molar-refractivity contribution in [2.45, 2.75) is 348 Å². The Morgan fingerprint density at radius 3 is 0.753 bits per heavy atom. The number of unbranched alkanes of at least 4 members (excludes halogenated alkanes) is 36. The second kappa shape index (κ2) is 68.8. The van der Waals surface area contributed by atoms with Crippen LogP contribution in [0.25, 0.3) is 0 Å². The molecule has 0 fully saturated rings. The SMILES string of the molecule is CC/C=C\C/C=C\C/C=C\C/C=C\CCCCC(=O)OCC(COC(=O)CCCCCCCCCCCCCCCCCCCCCCCCCCCCCCCCCCC)OC(=O)CCCC/C=C\C/C=C\C/C=C\C/C=C\CC. The van der Waals surface area contributed by atoms with Crippen molar-refractivity contribution >= 4 is 17.9 Å². The predicted molar refractivity (Wildman–Crippen MR) is 353 cm³/mol. The third kappa shape index (κ3) is 67.0. The van der Waals surface area contributed by atoms with Gasteiger partial charge in [-0.05, 0) is 96.3 Å². The van der Waals surface area contributed by atoms with Crippen molar-refractivity contribution in [3.8, 4) is 0 Å². The van der Waals surface area contributed by atoms with Gasteiger partial charge in [0, 0.05) is 19.3 Å². The molecule has 0 radical (unpaired) electrons. The smallest absolute Gasteiger partial charge is 0.306 e. The van der Waals surface area contributed by atoms with Gasteiger partial charge in [0.1, 0.15) is 13.2 Å². The van der Waals surface area contributed by atoms with Crippen molar-refractivity contribution in [3.05, 3.63) is 97.2 Å². The molecule has 0 rings (SSSR count).